The number of rotatable bonds is 3. The number of anilines is 1. The highest BCUT2D eigenvalue weighted by Gasteiger charge is 2.27. The summed E-state index contributed by atoms with van der Waals surface area (Å²) in [6, 6.07) is -0.705. The van der Waals surface area contributed by atoms with Crippen LogP contribution in [-0.4, -0.2) is 69.3 Å². The smallest absolute Gasteiger partial charge is 0.322 e. The van der Waals surface area contributed by atoms with Crippen molar-refractivity contribution in [2.75, 3.05) is 31.5 Å². The maximum Gasteiger partial charge on any atom is 0.322 e. The van der Waals surface area contributed by atoms with Crippen LogP contribution in [-0.2, 0) is 4.79 Å². The van der Waals surface area contributed by atoms with Crippen LogP contribution in [0.1, 0.15) is 6.92 Å². The predicted molar refractivity (Wildman–Crippen MR) is 67.9 cm³/mol. The molecule has 0 bridgehead atoms. The van der Waals surface area contributed by atoms with Crippen molar-refractivity contribution in [3.63, 3.8) is 0 Å². The van der Waals surface area contributed by atoms with Gasteiger partial charge in [-0.2, -0.15) is 5.10 Å². The van der Waals surface area contributed by atoms with E-state index in [9.17, 15) is 9.59 Å². The Morgan fingerprint density at radius 3 is 2.63 bits per heavy atom. The molecular weight excluding hydrogens is 250 g/mol. The maximum atomic E-state index is 11.9. The van der Waals surface area contributed by atoms with Crippen LogP contribution in [0.4, 0.5) is 10.5 Å². The zero-order chi connectivity index (χ0) is 13.8. The Kier molecular flexibility index (Phi) is 4.00. The Balaban J connectivity index is 1.83. The number of urea groups is 1. The standard InChI is InChI=1S/C11H17N5O3/c1-8(10(17)18)15-2-4-16(5-3-15)11(19)14-9-6-12-13-7-9/h6-8H,2-5H2,1H3,(H,12,13)(H,14,19)(H,17,18). The van der Waals surface area contributed by atoms with Crippen molar-refractivity contribution in [2.45, 2.75) is 13.0 Å². The van der Waals surface area contributed by atoms with Gasteiger partial charge in [-0.3, -0.25) is 14.8 Å². The summed E-state index contributed by atoms with van der Waals surface area (Å²) in [6.45, 7) is 3.81. The molecule has 8 nitrogen and oxygen atoms in total. The van der Waals surface area contributed by atoms with Gasteiger partial charge in [-0.25, -0.2) is 4.79 Å². The molecule has 0 radical (unpaired) electrons. The Morgan fingerprint density at radius 2 is 2.11 bits per heavy atom. The second-order valence-corrected chi connectivity index (χ2v) is 4.45. The minimum Gasteiger partial charge on any atom is -0.480 e. The van der Waals surface area contributed by atoms with Gasteiger partial charge in [-0.05, 0) is 6.92 Å². The van der Waals surface area contributed by atoms with Gasteiger partial charge < -0.3 is 15.3 Å². The van der Waals surface area contributed by atoms with Crippen LogP contribution in [0, 0.1) is 0 Å². The molecule has 1 saturated heterocycles. The molecule has 0 aliphatic carbocycles. The Hall–Kier alpha value is -2.09. The monoisotopic (exact) mass is 267 g/mol. The van der Waals surface area contributed by atoms with Crippen LogP contribution >= 0.6 is 0 Å². The molecule has 19 heavy (non-hydrogen) atoms. The van der Waals surface area contributed by atoms with Crippen LogP contribution in [0.3, 0.4) is 0 Å². The fraction of sp³-hybridized carbons (Fsp3) is 0.545. The van der Waals surface area contributed by atoms with Crippen molar-refractivity contribution >= 4 is 17.7 Å². The lowest BCUT2D eigenvalue weighted by Crippen LogP contribution is -2.53. The van der Waals surface area contributed by atoms with Crippen molar-refractivity contribution in [2.24, 2.45) is 0 Å². The van der Waals surface area contributed by atoms with E-state index in [-0.39, 0.29) is 6.03 Å². The number of amides is 2. The molecule has 104 valence electrons. The number of carbonyl (C=O) groups is 2. The Labute approximate surface area is 110 Å². The summed E-state index contributed by atoms with van der Waals surface area (Å²) < 4.78 is 0. The molecule has 1 atom stereocenters. The van der Waals surface area contributed by atoms with Gasteiger partial charge in [0.05, 0.1) is 11.9 Å². The first kappa shape index (κ1) is 13.3. The minimum absolute atomic E-state index is 0.191. The van der Waals surface area contributed by atoms with E-state index in [0.717, 1.165) is 0 Å². The number of piperazine rings is 1. The van der Waals surface area contributed by atoms with E-state index in [1.165, 1.54) is 6.20 Å². The van der Waals surface area contributed by atoms with Gasteiger partial charge >= 0.3 is 12.0 Å². The predicted octanol–water partition coefficient (Wildman–Crippen LogP) is 0.0323. The van der Waals surface area contributed by atoms with Gasteiger partial charge in [0.2, 0.25) is 0 Å². The van der Waals surface area contributed by atoms with Crippen LogP contribution in [0.2, 0.25) is 0 Å². The third kappa shape index (κ3) is 3.22. The van der Waals surface area contributed by atoms with E-state index in [2.05, 4.69) is 15.5 Å². The van der Waals surface area contributed by atoms with Crippen LogP contribution in [0.5, 0.6) is 0 Å². The lowest BCUT2D eigenvalue weighted by molar-refractivity contribution is -0.143. The number of nitrogens with one attached hydrogen (secondary N) is 2. The van der Waals surface area contributed by atoms with Gasteiger partial charge in [0.15, 0.2) is 0 Å². The third-order valence-corrected chi connectivity index (χ3v) is 3.26. The molecule has 8 heteroatoms. The van der Waals surface area contributed by atoms with E-state index >= 15 is 0 Å². The van der Waals surface area contributed by atoms with Crippen LogP contribution < -0.4 is 5.32 Å². The highest BCUT2D eigenvalue weighted by molar-refractivity contribution is 5.89. The number of carbonyl (C=O) groups excluding carboxylic acids is 1. The number of hydrogen-bond acceptors (Lipinski definition) is 4. The molecule has 1 aromatic rings. The second kappa shape index (κ2) is 5.70. The summed E-state index contributed by atoms with van der Waals surface area (Å²) >= 11 is 0. The second-order valence-electron chi connectivity index (χ2n) is 4.45. The van der Waals surface area contributed by atoms with Crippen molar-refractivity contribution < 1.29 is 14.7 Å². The quantitative estimate of drug-likeness (QED) is 0.717. The molecule has 2 rings (SSSR count). The van der Waals surface area contributed by atoms with E-state index in [0.29, 0.717) is 31.9 Å². The van der Waals surface area contributed by atoms with E-state index < -0.39 is 12.0 Å². The number of H-pyrrole nitrogens is 1. The van der Waals surface area contributed by atoms with Gasteiger partial charge in [-0.1, -0.05) is 0 Å². The number of nitrogens with zero attached hydrogens (tertiary/aromatic N) is 3. The molecule has 1 aliphatic rings. The Morgan fingerprint density at radius 1 is 1.42 bits per heavy atom. The molecule has 3 N–H and O–H groups in total. The van der Waals surface area contributed by atoms with E-state index in [1.807, 2.05) is 4.90 Å². The van der Waals surface area contributed by atoms with E-state index in [1.54, 1.807) is 18.0 Å². The largest absolute Gasteiger partial charge is 0.480 e. The summed E-state index contributed by atoms with van der Waals surface area (Å²) in [5.41, 5.74) is 0.617. The SMILES string of the molecule is CC(C(=O)O)N1CCN(C(=O)Nc2cn[nH]c2)CC1. The third-order valence-electron chi connectivity index (χ3n) is 3.26. The van der Waals surface area contributed by atoms with Gasteiger partial charge in [0.1, 0.15) is 6.04 Å². The summed E-state index contributed by atoms with van der Waals surface area (Å²) in [6.07, 6.45) is 3.13. The van der Waals surface area contributed by atoms with E-state index in [4.69, 9.17) is 5.11 Å². The fourth-order valence-electron chi connectivity index (χ4n) is 1.99. The number of aromatic amines is 1. The number of carboxylic acids is 1. The van der Waals surface area contributed by atoms with Crippen LogP contribution in [0.25, 0.3) is 0 Å². The summed E-state index contributed by atoms with van der Waals surface area (Å²) in [7, 11) is 0. The lowest BCUT2D eigenvalue weighted by Gasteiger charge is -2.36. The molecule has 1 aromatic heterocycles. The van der Waals surface area contributed by atoms with Gasteiger partial charge in [0.25, 0.3) is 0 Å². The molecule has 0 saturated carbocycles. The zero-order valence-corrected chi connectivity index (χ0v) is 10.7. The average molecular weight is 267 g/mol. The average Bonchev–Trinajstić information content (AvgIpc) is 2.90. The van der Waals surface area contributed by atoms with Crippen molar-refractivity contribution in [1.82, 2.24) is 20.0 Å². The minimum atomic E-state index is -0.837. The van der Waals surface area contributed by atoms with Crippen molar-refractivity contribution in [3.05, 3.63) is 12.4 Å². The highest BCUT2D eigenvalue weighted by Crippen LogP contribution is 2.09. The van der Waals surface area contributed by atoms with Crippen molar-refractivity contribution in [3.8, 4) is 0 Å². The maximum absolute atomic E-state index is 11.9. The molecule has 1 fully saturated rings. The molecule has 1 aliphatic heterocycles. The number of aliphatic carboxylic acids is 1. The van der Waals surface area contributed by atoms with Crippen molar-refractivity contribution in [1.29, 1.82) is 0 Å². The normalized spacial score (nSPS) is 18.1. The number of hydrogen-bond donors (Lipinski definition) is 3. The number of aromatic nitrogens is 2. The first-order valence-electron chi connectivity index (χ1n) is 6.09. The number of carboxylic acid groups (broad SMARTS) is 1. The topological polar surface area (TPSA) is 102 Å². The highest BCUT2D eigenvalue weighted by atomic mass is 16.4. The summed E-state index contributed by atoms with van der Waals surface area (Å²) in [5.74, 6) is -0.837. The zero-order valence-electron chi connectivity index (χ0n) is 10.7. The van der Waals surface area contributed by atoms with Crippen LogP contribution in [0.15, 0.2) is 12.4 Å². The molecular formula is C11H17N5O3. The van der Waals surface area contributed by atoms with Gasteiger partial charge in [-0.15, -0.1) is 0 Å². The molecule has 2 amide bonds. The first-order valence-corrected chi connectivity index (χ1v) is 6.09. The summed E-state index contributed by atoms with van der Waals surface area (Å²) in [5, 5.41) is 18.0. The molecule has 0 aromatic carbocycles. The lowest BCUT2D eigenvalue weighted by atomic mass is 10.2. The summed E-state index contributed by atoms with van der Waals surface area (Å²) in [4.78, 5) is 26.3. The Bertz CT molecular complexity index is 439. The molecule has 1 unspecified atom stereocenters. The molecule has 0 spiro atoms. The first-order chi connectivity index (χ1) is 9.08. The fourth-order valence-corrected chi connectivity index (χ4v) is 1.99. The molecule has 2 heterocycles. The van der Waals surface area contributed by atoms with Gasteiger partial charge in [0, 0.05) is 32.4 Å².